The lowest BCUT2D eigenvalue weighted by atomic mass is 9.86. The summed E-state index contributed by atoms with van der Waals surface area (Å²) in [6.07, 6.45) is -2.34. The van der Waals surface area contributed by atoms with Gasteiger partial charge in [-0.3, -0.25) is 9.69 Å². The second kappa shape index (κ2) is 8.67. The highest BCUT2D eigenvalue weighted by molar-refractivity contribution is 5.89. The Morgan fingerprint density at radius 3 is 2.38 bits per heavy atom. The molecule has 1 amide bonds. The number of methoxy groups -OCH3 is 1. The van der Waals surface area contributed by atoms with Gasteiger partial charge < -0.3 is 14.4 Å². The number of hydrogen-bond acceptors (Lipinski definition) is 5. The van der Waals surface area contributed by atoms with Crippen LogP contribution in [-0.4, -0.2) is 72.3 Å². The van der Waals surface area contributed by atoms with Gasteiger partial charge in [-0.2, -0.15) is 13.2 Å². The minimum atomic E-state index is -4.86. The van der Waals surface area contributed by atoms with E-state index in [1.165, 1.54) is 7.11 Å². The third kappa shape index (κ3) is 4.78. The number of rotatable bonds is 5. The van der Waals surface area contributed by atoms with Crippen molar-refractivity contribution < 1.29 is 32.2 Å². The molecule has 0 aromatic heterocycles. The van der Waals surface area contributed by atoms with Gasteiger partial charge in [-0.1, -0.05) is 19.1 Å². The van der Waals surface area contributed by atoms with Gasteiger partial charge in [-0.05, 0) is 49.3 Å². The van der Waals surface area contributed by atoms with E-state index >= 15 is 0 Å². The van der Waals surface area contributed by atoms with Crippen LogP contribution < -0.4 is 0 Å². The summed E-state index contributed by atoms with van der Waals surface area (Å²) in [5, 5.41) is 0. The van der Waals surface area contributed by atoms with E-state index in [0.29, 0.717) is 18.4 Å². The summed E-state index contributed by atoms with van der Waals surface area (Å²) >= 11 is 0. The molecular weight excluding hydrogens is 425 g/mol. The molecule has 3 atom stereocenters. The maximum Gasteiger partial charge on any atom is 0.471 e. The predicted octanol–water partition coefficient (Wildman–Crippen LogP) is 3.40. The maximum atomic E-state index is 13.2. The van der Waals surface area contributed by atoms with Gasteiger partial charge in [-0.25, -0.2) is 4.79 Å². The van der Waals surface area contributed by atoms with Crippen LogP contribution in [-0.2, 0) is 20.8 Å². The number of likely N-dealkylation sites (tertiary alicyclic amines) is 1. The van der Waals surface area contributed by atoms with Crippen molar-refractivity contribution in [2.45, 2.75) is 63.0 Å². The first-order chi connectivity index (χ1) is 15.1. The van der Waals surface area contributed by atoms with Crippen LogP contribution in [0.2, 0.25) is 0 Å². The molecular formula is C23H29F3N2O4. The summed E-state index contributed by atoms with van der Waals surface area (Å²) in [5.41, 5.74) is 1.11. The smallest absolute Gasteiger partial charge is 0.465 e. The number of alkyl halides is 3. The molecule has 176 valence electrons. The fraction of sp³-hybridized carbons (Fsp3) is 0.652. The van der Waals surface area contributed by atoms with Crippen LogP contribution in [0, 0.1) is 5.92 Å². The summed E-state index contributed by atoms with van der Waals surface area (Å²) < 4.78 is 50.3. The lowest BCUT2D eigenvalue weighted by molar-refractivity contribution is -0.188. The molecule has 4 rings (SSSR count). The Balaban J connectivity index is 1.33. The van der Waals surface area contributed by atoms with E-state index in [4.69, 9.17) is 9.47 Å². The maximum absolute atomic E-state index is 13.2. The Labute approximate surface area is 185 Å². The SMILES string of the molecule is COC(=O)c1ccc(CN2CCC3(CC2)CC(N(C(=O)C(F)(F)F)[C@@H]2C[C@H]2C)CO3)cc1. The van der Waals surface area contributed by atoms with Crippen molar-refractivity contribution in [2.24, 2.45) is 5.92 Å². The van der Waals surface area contributed by atoms with Crippen molar-refractivity contribution in [1.29, 1.82) is 0 Å². The molecule has 3 aliphatic rings. The summed E-state index contributed by atoms with van der Waals surface area (Å²) in [7, 11) is 1.35. The molecule has 32 heavy (non-hydrogen) atoms. The zero-order valence-corrected chi connectivity index (χ0v) is 18.4. The Bertz CT molecular complexity index is 850. The molecule has 3 fully saturated rings. The van der Waals surface area contributed by atoms with E-state index in [1.54, 1.807) is 12.1 Å². The fourth-order valence-electron chi connectivity index (χ4n) is 5.01. The molecule has 9 heteroatoms. The first-order valence-corrected chi connectivity index (χ1v) is 11.0. The van der Waals surface area contributed by atoms with Gasteiger partial charge in [-0.15, -0.1) is 0 Å². The molecule has 1 aromatic carbocycles. The van der Waals surface area contributed by atoms with Crippen LogP contribution in [0.5, 0.6) is 0 Å². The van der Waals surface area contributed by atoms with Gasteiger partial charge >= 0.3 is 18.1 Å². The van der Waals surface area contributed by atoms with E-state index in [9.17, 15) is 22.8 Å². The van der Waals surface area contributed by atoms with E-state index < -0.39 is 23.7 Å². The lowest BCUT2D eigenvalue weighted by Gasteiger charge is -2.39. The van der Waals surface area contributed by atoms with Crippen molar-refractivity contribution in [3.63, 3.8) is 0 Å². The predicted molar refractivity (Wildman–Crippen MR) is 110 cm³/mol. The summed E-state index contributed by atoms with van der Waals surface area (Å²) in [5.74, 6) is -2.00. The summed E-state index contributed by atoms with van der Waals surface area (Å²) in [6.45, 7) is 4.29. The zero-order valence-electron chi connectivity index (χ0n) is 18.4. The second-order valence-electron chi connectivity index (χ2n) is 9.31. The van der Waals surface area contributed by atoms with Crippen LogP contribution >= 0.6 is 0 Å². The van der Waals surface area contributed by atoms with Crippen LogP contribution in [0.1, 0.15) is 48.5 Å². The van der Waals surface area contributed by atoms with Crippen molar-refractivity contribution in [3.05, 3.63) is 35.4 Å². The number of halogens is 3. The monoisotopic (exact) mass is 454 g/mol. The summed E-state index contributed by atoms with van der Waals surface area (Å²) in [4.78, 5) is 27.0. The van der Waals surface area contributed by atoms with Crippen LogP contribution in [0.3, 0.4) is 0 Å². The number of nitrogens with zero attached hydrogens (tertiary/aromatic N) is 2. The summed E-state index contributed by atoms with van der Waals surface area (Å²) in [6, 6.07) is 6.43. The molecule has 1 unspecified atom stereocenters. The number of ether oxygens (including phenoxy) is 2. The van der Waals surface area contributed by atoms with E-state index in [2.05, 4.69) is 4.90 Å². The Morgan fingerprint density at radius 2 is 1.84 bits per heavy atom. The largest absolute Gasteiger partial charge is 0.471 e. The first-order valence-electron chi connectivity index (χ1n) is 11.0. The van der Waals surface area contributed by atoms with Crippen molar-refractivity contribution in [2.75, 3.05) is 26.8 Å². The standard InChI is InChI=1S/C23H29F3N2O4/c1-15-11-19(15)28(21(30)23(24,25)26)18-12-22(32-14-18)7-9-27(10-8-22)13-16-3-5-17(6-4-16)20(29)31-2/h3-6,15,18-19H,7-14H2,1-2H3/t15-,18?,19-/m1/s1. The normalized spacial score (nSPS) is 27.3. The van der Waals surface area contributed by atoms with Gasteiger partial charge in [0.2, 0.25) is 0 Å². The number of amides is 1. The Kier molecular flexibility index (Phi) is 6.24. The fourth-order valence-corrected chi connectivity index (χ4v) is 5.01. The minimum Gasteiger partial charge on any atom is -0.465 e. The molecule has 2 heterocycles. The van der Waals surface area contributed by atoms with Gasteiger partial charge in [0.05, 0.1) is 30.9 Å². The number of carbonyl (C=O) groups excluding carboxylic acids is 2. The molecule has 2 aliphatic heterocycles. The van der Waals surface area contributed by atoms with Crippen molar-refractivity contribution in [1.82, 2.24) is 9.80 Å². The zero-order chi connectivity index (χ0) is 23.1. The lowest BCUT2D eigenvalue weighted by Crippen LogP contribution is -2.50. The van der Waals surface area contributed by atoms with Gasteiger partial charge in [0.1, 0.15) is 0 Å². The van der Waals surface area contributed by atoms with Crippen LogP contribution in [0.15, 0.2) is 24.3 Å². The number of esters is 1. The third-order valence-corrected chi connectivity index (χ3v) is 7.03. The highest BCUT2D eigenvalue weighted by atomic mass is 19.4. The van der Waals surface area contributed by atoms with Crippen molar-refractivity contribution >= 4 is 11.9 Å². The molecule has 6 nitrogen and oxygen atoms in total. The van der Waals surface area contributed by atoms with Gasteiger partial charge in [0, 0.05) is 25.7 Å². The van der Waals surface area contributed by atoms with Crippen molar-refractivity contribution in [3.8, 4) is 0 Å². The number of carbonyl (C=O) groups is 2. The topological polar surface area (TPSA) is 59.1 Å². The molecule has 1 saturated carbocycles. The molecule has 0 bridgehead atoms. The number of benzene rings is 1. The Hall–Kier alpha value is -2.13. The quantitative estimate of drug-likeness (QED) is 0.639. The minimum absolute atomic E-state index is 0.102. The van der Waals surface area contributed by atoms with E-state index in [0.717, 1.165) is 42.9 Å². The Morgan fingerprint density at radius 1 is 1.22 bits per heavy atom. The molecule has 0 radical (unpaired) electrons. The second-order valence-corrected chi connectivity index (χ2v) is 9.31. The highest BCUT2D eigenvalue weighted by Crippen LogP contribution is 2.44. The number of piperidine rings is 1. The van der Waals surface area contributed by atoms with Crippen LogP contribution in [0.25, 0.3) is 0 Å². The molecule has 1 aliphatic carbocycles. The molecule has 2 saturated heterocycles. The average Bonchev–Trinajstić information content (AvgIpc) is 3.34. The third-order valence-electron chi connectivity index (χ3n) is 7.03. The molecule has 0 N–H and O–H groups in total. The molecule has 1 aromatic rings. The number of hydrogen-bond donors (Lipinski definition) is 0. The highest BCUT2D eigenvalue weighted by Gasteiger charge is 2.55. The van der Waals surface area contributed by atoms with Crippen LogP contribution in [0.4, 0.5) is 13.2 Å². The molecule has 1 spiro atoms. The van der Waals surface area contributed by atoms with E-state index in [1.807, 2.05) is 19.1 Å². The van der Waals surface area contributed by atoms with Gasteiger partial charge in [0.15, 0.2) is 0 Å². The van der Waals surface area contributed by atoms with Gasteiger partial charge in [0.25, 0.3) is 0 Å². The average molecular weight is 454 g/mol. The first kappa shape index (κ1) is 23.0. The van der Waals surface area contributed by atoms with E-state index in [-0.39, 0.29) is 24.5 Å².